The van der Waals surface area contributed by atoms with E-state index in [1.807, 2.05) is 28.8 Å². The Morgan fingerprint density at radius 1 is 1.07 bits per heavy atom. The molecule has 0 bridgehead atoms. The molecule has 0 unspecified atom stereocenters. The lowest BCUT2D eigenvalue weighted by atomic mass is 9.97. The Labute approximate surface area is 160 Å². The lowest BCUT2D eigenvalue weighted by molar-refractivity contribution is 0.332. The van der Waals surface area contributed by atoms with Gasteiger partial charge in [0, 0.05) is 31.9 Å². The molecule has 0 atom stereocenters. The van der Waals surface area contributed by atoms with Crippen LogP contribution in [0.15, 0.2) is 54.0 Å². The SMILES string of the molecule is O=c1ccc(-n2cncn2)nn1CC1CCN(c2nnc3ccccn23)CC1. The molecule has 0 aromatic carbocycles. The second-order valence-corrected chi connectivity index (χ2v) is 6.91. The molecule has 5 rings (SSSR count). The Kier molecular flexibility index (Phi) is 4.08. The van der Waals surface area contributed by atoms with E-state index in [0.29, 0.717) is 18.3 Å². The van der Waals surface area contributed by atoms with Crippen molar-refractivity contribution in [3.05, 3.63) is 59.5 Å². The zero-order valence-corrected chi connectivity index (χ0v) is 15.2. The van der Waals surface area contributed by atoms with E-state index in [1.165, 1.54) is 17.1 Å². The lowest BCUT2D eigenvalue weighted by Crippen LogP contribution is -2.37. The number of hydrogen-bond donors (Lipinski definition) is 0. The molecule has 0 saturated carbocycles. The van der Waals surface area contributed by atoms with Crippen molar-refractivity contribution in [2.75, 3.05) is 18.0 Å². The molecule has 142 valence electrons. The molecule has 1 saturated heterocycles. The fraction of sp³-hybridized carbons (Fsp3) is 0.333. The highest BCUT2D eigenvalue weighted by atomic mass is 16.1. The van der Waals surface area contributed by atoms with Gasteiger partial charge in [-0.05, 0) is 37.0 Å². The molecule has 4 aromatic rings. The summed E-state index contributed by atoms with van der Waals surface area (Å²) in [5.41, 5.74) is 0.745. The zero-order chi connectivity index (χ0) is 18.9. The average molecular weight is 377 g/mol. The highest BCUT2D eigenvalue weighted by molar-refractivity contribution is 5.46. The van der Waals surface area contributed by atoms with Crippen LogP contribution in [0.2, 0.25) is 0 Å². The molecule has 10 heteroatoms. The maximum Gasteiger partial charge on any atom is 0.266 e. The Morgan fingerprint density at radius 3 is 2.79 bits per heavy atom. The van der Waals surface area contributed by atoms with Crippen LogP contribution in [0, 0.1) is 5.92 Å². The first-order valence-corrected chi connectivity index (χ1v) is 9.26. The van der Waals surface area contributed by atoms with Crippen molar-refractivity contribution in [1.82, 2.24) is 39.1 Å². The predicted molar refractivity (Wildman–Crippen MR) is 101 cm³/mol. The largest absolute Gasteiger partial charge is 0.341 e. The quantitative estimate of drug-likeness (QED) is 0.518. The van der Waals surface area contributed by atoms with Gasteiger partial charge in [0.2, 0.25) is 5.95 Å². The number of hydrogen-bond acceptors (Lipinski definition) is 7. The van der Waals surface area contributed by atoms with Crippen molar-refractivity contribution in [2.24, 2.45) is 5.92 Å². The van der Waals surface area contributed by atoms with Crippen molar-refractivity contribution in [1.29, 1.82) is 0 Å². The molecule has 10 nitrogen and oxygen atoms in total. The molecule has 0 aliphatic carbocycles. The fourth-order valence-electron chi connectivity index (χ4n) is 3.62. The number of rotatable bonds is 4. The summed E-state index contributed by atoms with van der Waals surface area (Å²) in [6.45, 7) is 2.34. The third-order valence-electron chi connectivity index (χ3n) is 5.13. The number of piperidine rings is 1. The highest BCUT2D eigenvalue weighted by Crippen LogP contribution is 2.23. The molecule has 0 N–H and O–H groups in total. The van der Waals surface area contributed by atoms with Crippen LogP contribution in [0.5, 0.6) is 0 Å². The summed E-state index contributed by atoms with van der Waals surface area (Å²) >= 11 is 0. The number of anilines is 1. The van der Waals surface area contributed by atoms with Crippen LogP contribution in [-0.4, -0.2) is 52.2 Å². The highest BCUT2D eigenvalue weighted by Gasteiger charge is 2.23. The van der Waals surface area contributed by atoms with Gasteiger partial charge >= 0.3 is 0 Å². The normalized spacial score (nSPS) is 15.4. The van der Waals surface area contributed by atoms with Crippen molar-refractivity contribution in [2.45, 2.75) is 19.4 Å². The molecule has 28 heavy (non-hydrogen) atoms. The Morgan fingerprint density at radius 2 is 1.96 bits per heavy atom. The van der Waals surface area contributed by atoms with Gasteiger partial charge in [-0.3, -0.25) is 9.20 Å². The third-order valence-corrected chi connectivity index (χ3v) is 5.13. The summed E-state index contributed by atoms with van der Waals surface area (Å²) in [5.74, 6) is 1.84. The minimum atomic E-state index is -0.102. The second kappa shape index (κ2) is 6.87. The van der Waals surface area contributed by atoms with E-state index in [0.717, 1.165) is 37.5 Å². The van der Waals surface area contributed by atoms with Crippen LogP contribution in [0.4, 0.5) is 5.95 Å². The Bertz CT molecular complexity index is 1140. The minimum Gasteiger partial charge on any atom is -0.341 e. The number of fused-ring (bicyclic) bond motifs is 1. The van der Waals surface area contributed by atoms with Gasteiger partial charge in [0.1, 0.15) is 12.7 Å². The van der Waals surface area contributed by atoms with Gasteiger partial charge in [-0.2, -0.15) is 5.10 Å². The Hall–Kier alpha value is -3.56. The molecule has 4 aromatic heterocycles. The van der Waals surface area contributed by atoms with E-state index >= 15 is 0 Å². The monoisotopic (exact) mass is 377 g/mol. The summed E-state index contributed by atoms with van der Waals surface area (Å²) in [5, 5.41) is 17.1. The molecular formula is C18H19N9O. The van der Waals surface area contributed by atoms with Gasteiger partial charge in [0.15, 0.2) is 11.5 Å². The summed E-state index contributed by atoms with van der Waals surface area (Å²) in [6.07, 6.45) is 6.92. The first-order chi connectivity index (χ1) is 13.8. The average Bonchev–Trinajstić information content (AvgIpc) is 3.40. The van der Waals surface area contributed by atoms with E-state index < -0.39 is 0 Å². The van der Waals surface area contributed by atoms with Gasteiger partial charge in [-0.1, -0.05) is 6.07 Å². The maximum atomic E-state index is 12.2. The molecule has 0 radical (unpaired) electrons. The third kappa shape index (κ3) is 3.02. The summed E-state index contributed by atoms with van der Waals surface area (Å²) in [7, 11) is 0. The minimum absolute atomic E-state index is 0.102. The van der Waals surface area contributed by atoms with Crippen LogP contribution in [0.3, 0.4) is 0 Å². The van der Waals surface area contributed by atoms with Crippen molar-refractivity contribution >= 4 is 11.6 Å². The summed E-state index contributed by atoms with van der Waals surface area (Å²) in [6, 6.07) is 9.07. The van der Waals surface area contributed by atoms with Crippen LogP contribution >= 0.6 is 0 Å². The predicted octanol–water partition coefficient (Wildman–Crippen LogP) is 0.783. The topological polar surface area (TPSA) is 99.0 Å². The van der Waals surface area contributed by atoms with E-state index in [9.17, 15) is 4.79 Å². The van der Waals surface area contributed by atoms with Gasteiger partial charge in [0.25, 0.3) is 5.56 Å². The molecule has 1 aliphatic heterocycles. The lowest BCUT2D eigenvalue weighted by Gasteiger charge is -2.31. The zero-order valence-electron chi connectivity index (χ0n) is 15.2. The molecule has 1 aliphatic rings. The molecular weight excluding hydrogens is 358 g/mol. The summed E-state index contributed by atoms with van der Waals surface area (Å²) < 4.78 is 5.09. The van der Waals surface area contributed by atoms with Crippen molar-refractivity contribution < 1.29 is 0 Å². The molecule has 0 amide bonds. The van der Waals surface area contributed by atoms with Crippen LogP contribution < -0.4 is 10.5 Å². The standard InChI is InChI=1S/C18H19N9O/c28-17-5-4-16(27-13-19-12-20-27)23-26(17)11-14-6-9-24(10-7-14)18-22-21-15-3-1-2-8-25(15)18/h1-5,8,12-14H,6-7,9-11H2. The first kappa shape index (κ1) is 16.6. The van der Waals surface area contributed by atoms with E-state index in [4.69, 9.17) is 0 Å². The van der Waals surface area contributed by atoms with Crippen molar-refractivity contribution in [3.63, 3.8) is 0 Å². The van der Waals surface area contributed by atoms with Crippen LogP contribution in [0.1, 0.15) is 12.8 Å². The number of nitrogens with zero attached hydrogens (tertiary/aromatic N) is 9. The van der Waals surface area contributed by atoms with Crippen LogP contribution in [-0.2, 0) is 6.54 Å². The van der Waals surface area contributed by atoms with Gasteiger partial charge < -0.3 is 4.90 Å². The fourth-order valence-corrected chi connectivity index (χ4v) is 3.62. The number of aromatic nitrogens is 8. The van der Waals surface area contributed by atoms with Crippen molar-refractivity contribution in [3.8, 4) is 5.82 Å². The Balaban J connectivity index is 1.29. The molecule has 1 fully saturated rings. The number of pyridine rings is 1. The van der Waals surface area contributed by atoms with E-state index in [1.54, 1.807) is 17.1 Å². The van der Waals surface area contributed by atoms with E-state index in [-0.39, 0.29) is 5.56 Å². The first-order valence-electron chi connectivity index (χ1n) is 9.26. The summed E-state index contributed by atoms with van der Waals surface area (Å²) in [4.78, 5) is 18.4. The van der Waals surface area contributed by atoms with E-state index in [2.05, 4.69) is 30.3 Å². The van der Waals surface area contributed by atoms with Crippen LogP contribution in [0.25, 0.3) is 11.5 Å². The molecule has 5 heterocycles. The smallest absolute Gasteiger partial charge is 0.266 e. The maximum absolute atomic E-state index is 12.2. The van der Waals surface area contributed by atoms with Gasteiger partial charge in [0.05, 0.1) is 0 Å². The second-order valence-electron chi connectivity index (χ2n) is 6.91. The van der Waals surface area contributed by atoms with Gasteiger partial charge in [-0.25, -0.2) is 14.3 Å². The molecule has 0 spiro atoms. The van der Waals surface area contributed by atoms with Gasteiger partial charge in [-0.15, -0.1) is 15.3 Å².